The number of hydrogen-bond acceptors (Lipinski definition) is 6. The van der Waals surface area contributed by atoms with E-state index in [2.05, 4.69) is 32.1 Å². The molecule has 36 heavy (non-hydrogen) atoms. The highest BCUT2D eigenvalue weighted by Crippen LogP contribution is 2.23. The zero-order chi connectivity index (χ0) is 24.7. The lowest BCUT2D eigenvalue weighted by atomic mass is 10.0. The van der Waals surface area contributed by atoms with Crippen molar-refractivity contribution >= 4 is 23.3 Å². The molecule has 7 nitrogen and oxygen atoms in total. The Kier molecular flexibility index (Phi) is 8.75. The van der Waals surface area contributed by atoms with Gasteiger partial charge in [-0.2, -0.15) is 0 Å². The molecule has 0 unspecified atom stereocenters. The minimum atomic E-state index is -0.118. The molecule has 2 aromatic rings. The van der Waals surface area contributed by atoms with E-state index in [0.29, 0.717) is 18.3 Å². The smallest absolute Gasteiger partial charge is 0.270 e. The number of nitrogens with one attached hydrogen (secondary N) is 1. The third kappa shape index (κ3) is 6.57. The van der Waals surface area contributed by atoms with Crippen LogP contribution in [0, 0.1) is 0 Å². The van der Waals surface area contributed by atoms with Gasteiger partial charge >= 0.3 is 0 Å². The molecule has 4 heterocycles. The van der Waals surface area contributed by atoms with Gasteiger partial charge in [0, 0.05) is 56.9 Å². The summed E-state index contributed by atoms with van der Waals surface area (Å²) in [5.41, 5.74) is 1.70. The Morgan fingerprint density at radius 1 is 0.972 bits per heavy atom. The van der Waals surface area contributed by atoms with Crippen molar-refractivity contribution in [1.29, 1.82) is 0 Å². The molecule has 3 saturated heterocycles. The fourth-order valence-corrected chi connectivity index (χ4v) is 5.87. The van der Waals surface area contributed by atoms with E-state index in [1.807, 2.05) is 24.3 Å². The van der Waals surface area contributed by atoms with E-state index in [-0.39, 0.29) is 12.0 Å². The molecule has 1 aromatic heterocycles. The van der Waals surface area contributed by atoms with E-state index in [1.165, 1.54) is 18.4 Å². The highest BCUT2D eigenvalue weighted by atomic mass is 35.5. The summed E-state index contributed by atoms with van der Waals surface area (Å²) < 4.78 is 5.61. The van der Waals surface area contributed by atoms with E-state index in [0.717, 1.165) is 82.5 Å². The van der Waals surface area contributed by atoms with Gasteiger partial charge in [0.25, 0.3) is 5.91 Å². The average Bonchev–Trinajstić information content (AvgIpc) is 3.32. The second kappa shape index (κ2) is 12.4. The number of ether oxygens (including phenoxy) is 1. The molecular weight excluding hydrogens is 474 g/mol. The molecule has 3 fully saturated rings. The van der Waals surface area contributed by atoms with E-state index >= 15 is 0 Å². The Balaban J connectivity index is 1.10. The third-order valence-corrected chi connectivity index (χ3v) is 8.13. The van der Waals surface area contributed by atoms with E-state index in [4.69, 9.17) is 21.3 Å². The summed E-state index contributed by atoms with van der Waals surface area (Å²) >= 11 is 6.37. The molecule has 0 radical (unpaired) electrons. The van der Waals surface area contributed by atoms with Crippen molar-refractivity contribution in [2.24, 2.45) is 0 Å². The Morgan fingerprint density at radius 2 is 1.83 bits per heavy atom. The Hall–Kier alpha value is -2.19. The fraction of sp³-hybridized carbons (Fsp3) is 0.571. The van der Waals surface area contributed by atoms with Crippen LogP contribution >= 0.6 is 11.6 Å². The maximum absolute atomic E-state index is 12.7. The van der Waals surface area contributed by atoms with Crippen LogP contribution in [-0.4, -0.2) is 85.3 Å². The number of halogens is 1. The number of nitrogens with zero attached hydrogens (tertiary/aromatic N) is 4. The second-order valence-corrected chi connectivity index (χ2v) is 10.6. The Bertz CT molecular complexity index is 1010. The minimum Gasteiger partial charge on any atom is -0.376 e. The summed E-state index contributed by atoms with van der Waals surface area (Å²) in [4.78, 5) is 24.9. The largest absolute Gasteiger partial charge is 0.376 e. The van der Waals surface area contributed by atoms with Gasteiger partial charge in [0.15, 0.2) is 0 Å². The number of piperidine rings is 1. The van der Waals surface area contributed by atoms with Crippen LogP contribution in [0.5, 0.6) is 0 Å². The van der Waals surface area contributed by atoms with Crippen molar-refractivity contribution in [1.82, 2.24) is 20.1 Å². The van der Waals surface area contributed by atoms with Crippen LogP contribution in [0.25, 0.3) is 0 Å². The van der Waals surface area contributed by atoms with Gasteiger partial charge in [-0.3, -0.25) is 14.6 Å². The highest BCUT2D eigenvalue weighted by molar-refractivity contribution is 6.31. The van der Waals surface area contributed by atoms with Crippen LogP contribution in [0.4, 0.5) is 5.82 Å². The number of carbonyl (C=O) groups is 1. The lowest BCUT2D eigenvalue weighted by Crippen LogP contribution is -2.46. The number of benzene rings is 1. The number of hydrogen-bond donors (Lipinski definition) is 1. The summed E-state index contributed by atoms with van der Waals surface area (Å²) in [6, 6.07) is 14.6. The standard InChI is InChI=1S/C28H38ClN5O2/c29-25-8-2-1-6-22(25)21-32-15-11-23(12-16-32)33-13-5-14-34(18-17-33)27-10-3-9-26(31-27)28(35)30-20-24-7-4-19-36-24/h1-3,6,8-10,23-24H,4-5,7,11-21H2,(H,30,35)/t24-/m1/s1. The summed E-state index contributed by atoms with van der Waals surface area (Å²) in [6.07, 6.45) is 5.72. The number of amides is 1. The molecule has 5 rings (SSSR count). The number of aromatic nitrogens is 1. The lowest BCUT2D eigenvalue weighted by molar-refractivity contribution is 0.0854. The Morgan fingerprint density at radius 3 is 2.64 bits per heavy atom. The minimum absolute atomic E-state index is 0.118. The topological polar surface area (TPSA) is 60.9 Å². The molecule has 3 aliphatic rings. The number of rotatable bonds is 7. The normalized spacial score (nSPS) is 22.5. The van der Waals surface area contributed by atoms with Crippen LogP contribution in [-0.2, 0) is 11.3 Å². The predicted molar refractivity (Wildman–Crippen MR) is 144 cm³/mol. The van der Waals surface area contributed by atoms with Crippen LogP contribution in [0.15, 0.2) is 42.5 Å². The number of pyridine rings is 1. The van der Waals surface area contributed by atoms with Crippen molar-refractivity contribution < 1.29 is 9.53 Å². The average molecular weight is 512 g/mol. The number of anilines is 1. The molecule has 1 aromatic carbocycles. The van der Waals surface area contributed by atoms with Gasteiger partial charge in [0.2, 0.25) is 0 Å². The van der Waals surface area contributed by atoms with Gasteiger partial charge in [0.1, 0.15) is 11.5 Å². The monoisotopic (exact) mass is 511 g/mol. The summed E-state index contributed by atoms with van der Waals surface area (Å²) in [6.45, 7) is 8.57. The first-order valence-corrected chi connectivity index (χ1v) is 13.8. The highest BCUT2D eigenvalue weighted by Gasteiger charge is 2.27. The first-order chi connectivity index (χ1) is 17.7. The van der Waals surface area contributed by atoms with Crippen molar-refractivity contribution in [2.75, 3.05) is 57.3 Å². The van der Waals surface area contributed by atoms with Crippen LogP contribution in [0.3, 0.4) is 0 Å². The van der Waals surface area contributed by atoms with Gasteiger partial charge in [-0.25, -0.2) is 4.98 Å². The summed E-state index contributed by atoms with van der Waals surface area (Å²) in [5, 5.41) is 3.86. The van der Waals surface area contributed by atoms with E-state index in [9.17, 15) is 4.79 Å². The van der Waals surface area contributed by atoms with Gasteiger partial charge in [-0.15, -0.1) is 0 Å². The first-order valence-electron chi connectivity index (χ1n) is 13.5. The molecule has 0 bridgehead atoms. The van der Waals surface area contributed by atoms with Crippen molar-refractivity contribution in [3.63, 3.8) is 0 Å². The molecule has 0 saturated carbocycles. The second-order valence-electron chi connectivity index (χ2n) is 10.2. The quantitative estimate of drug-likeness (QED) is 0.610. The van der Waals surface area contributed by atoms with Crippen molar-refractivity contribution in [3.8, 4) is 0 Å². The third-order valence-electron chi connectivity index (χ3n) is 7.76. The van der Waals surface area contributed by atoms with Gasteiger partial charge in [-0.1, -0.05) is 35.9 Å². The van der Waals surface area contributed by atoms with Crippen LogP contribution in [0.2, 0.25) is 5.02 Å². The van der Waals surface area contributed by atoms with Crippen LogP contribution < -0.4 is 10.2 Å². The van der Waals surface area contributed by atoms with Crippen molar-refractivity contribution in [2.45, 2.75) is 50.8 Å². The molecule has 0 aliphatic carbocycles. The molecular formula is C28H38ClN5O2. The van der Waals surface area contributed by atoms with Gasteiger partial charge in [-0.05, 0) is 69.0 Å². The predicted octanol–water partition coefficient (Wildman–Crippen LogP) is 3.82. The van der Waals surface area contributed by atoms with E-state index < -0.39 is 0 Å². The molecule has 1 N–H and O–H groups in total. The fourth-order valence-electron chi connectivity index (χ4n) is 5.67. The molecule has 0 spiro atoms. The van der Waals surface area contributed by atoms with Gasteiger partial charge in [0.05, 0.1) is 6.10 Å². The zero-order valence-corrected chi connectivity index (χ0v) is 21.8. The van der Waals surface area contributed by atoms with Gasteiger partial charge < -0.3 is 15.0 Å². The lowest BCUT2D eigenvalue weighted by Gasteiger charge is -2.38. The summed E-state index contributed by atoms with van der Waals surface area (Å²) in [5.74, 6) is 0.781. The van der Waals surface area contributed by atoms with Crippen molar-refractivity contribution in [3.05, 3.63) is 58.7 Å². The maximum atomic E-state index is 12.7. The first kappa shape index (κ1) is 25.5. The SMILES string of the molecule is O=C(NC[C@H]1CCCO1)c1cccc(N2CCCN(C3CCN(Cc4ccccc4Cl)CC3)CC2)n1. The van der Waals surface area contributed by atoms with Crippen LogP contribution in [0.1, 0.15) is 48.2 Å². The Labute approximate surface area is 219 Å². The molecule has 194 valence electrons. The summed E-state index contributed by atoms with van der Waals surface area (Å²) in [7, 11) is 0. The molecule has 8 heteroatoms. The number of likely N-dealkylation sites (tertiary alicyclic amines) is 1. The zero-order valence-electron chi connectivity index (χ0n) is 21.1. The molecule has 1 atom stereocenters. The molecule has 3 aliphatic heterocycles. The van der Waals surface area contributed by atoms with E-state index in [1.54, 1.807) is 6.07 Å². The number of carbonyl (C=O) groups excluding carboxylic acids is 1. The molecule has 1 amide bonds. The maximum Gasteiger partial charge on any atom is 0.270 e.